The van der Waals surface area contributed by atoms with E-state index in [-0.39, 0.29) is 11.9 Å². The third kappa shape index (κ3) is 9.11. The third-order valence-corrected chi connectivity index (χ3v) is 2.38. The molecule has 0 spiro atoms. The Morgan fingerprint density at radius 2 is 1.84 bits per heavy atom. The van der Waals surface area contributed by atoms with Crippen LogP contribution in [-0.4, -0.2) is 32.3 Å². The van der Waals surface area contributed by atoms with Gasteiger partial charge in [0.2, 0.25) is 0 Å². The van der Waals surface area contributed by atoms with Gasteiger partial charge in [0.15, 0.2) is 0 Å². The van der Waals surface area contributed by atoms with E-state index in [4.69, 9.17) is 9.47 Å². The lowest BCUT2D eigenvalue weighted by Gasteiger charge is -2.13. The number of hydrogen-bond acceptors (Lipinski definition) is 5. The van der Waals surface area contributed by atoms with Crippen LogP contribution < -0.4 is 0 Å². The fourth-order valence-corrected chi connectivity index (χ4v) is 1.34. The molecule has 0 fully saturated rings. The molecule has 0 aromatic carbocycles. The van der Waals surface area contributed by atoms with Crippen molar-refractivity contribution in [2.75, 3.05) is 20.3 Å². The van der Waals surface area contributed by atoms with Crippen LogP contribution in [-0.2, 0) is 23.8 Å². The Morgan fingerprint density at radius 1 is 1.16 bits per heavy atom. The average Bonchev–Trinajstić information content (AvgIpc) is 2.36. The van der Waals surface area contributed by atoms with Crippen molar-refractivity contribution in [1.29, 1.82) is 0 Å². The lowest BCUT2D eigenvalue weighted by molar-refractivity contribution is -0.143. The highest BCUT2D eigenvalue weighted by atomic mass is 16.5. The lowest BCUT2D eigenvalue weighted by Crippen LogP contribution is -2.07. The normalized spacial score (nSPS) is 11.3. The molecule has 0 N–H and O–H groups in total. The monoisotopic (exact) mass is 272 g/mol. The minimum Gasteiger partial charge on any atom is -0.497 e. The van der Waals surface area contributed by atoms with Gasteiger partial charge in [-0.1, -0.05) is 13.8 Å². The van der Waals surface area contributed by atoms with E-state index in [9.17, 15) is 9.59 Å². The van der Waals surface area contributed by atoms with Gasteiger partial charge in [0.1, 0.15) is 5.76 Å². The van der Waals surface area contributed by atoms with Crippen LogP contribution in [0.5, 0.6) is 0 Å². The van der Waals surface area contributed by atoms with Crippen molar-refractivity contribution in [3.63, 3.8) is 0 Å². The first-order chi connectivity index (χ1) is 9.01. The number of esters is 2. The summed E-state index contributed by atoms with van der Waals surface area (Å²) in [6.45, 7) is 6.55. The Labute approximate surface area is 114 Å². The second-order valence-corrected chi connectivity index (χ2v) is 4.34. The lowest BCUT2D eigenvalue weighted by atomic mass is 10.1. The molecular formula is C14H24O5. The van der Waals surface area contributed by atoms with Crippen LogP contribution >= 0.6 is 0 Å². The number of rotatable bonds is 9. The van der Waals surface area contributed by atoms with Crippen molar-refractivity contribution in [3.05, 3.63) is 11.8 Å². The first-order valence-electron chi connectivity index (χ1n) is 6.59. The zero-order valence-corrected chi connectivity index (χ0v) is 12.2. The Kier molecular flexibility index (Phi) is 9.57. The Balaban J connectivity index is 3.92. The summed E-state index contributed by atoms with van der Waals surface area (Å²) < 4.78 is 14.9. The molecule has 5 nitrogen and oxygen atoms in total. The summed E-state index contributed by atoms with van der Waals surface area (Å²) in [4.78, 5) is 22.2. The van der Waals surface area contributed by atoms with Crippen molar-refractivity contribution < 1.29 is 23.8 Å². The molecule has 0 heterocycles. The molecule has 0 aliphatic carbocycles. The number of ether oxygens (including phenoxy) is 3. The summed E-state index contributed by atoms with van der Waals surface area (Å²) in [5.74, 6) is 0.110. The van der Waals surface area contributed by atoms with Gasteiger partial charge >= 0.3 is 11.9 Å². The van der Waals surface area contributed by atoms with Gasteiger partial charge in [0.25, 0.3) is 0 Å². The number of allylic oxidation sites excluding steroid dienone is 1. The molecule has 0 saturated heterocycles. The van der Waals surface area contributed by atoms with E-state index in [1.54, 1.807) is 6.92 Å². The molecule has 0 aliphatic heterocycles. The molecule has 0 aromatic rings. The molecule has 0 rings (SSSR count). The molecule has 5 heteroatoms. The van der Waals surface area contributed by atoms with Gasteiger partial charge in [-0.15, -0.1) is 0 Å². The topological polar surface area (TPSA) is 61.8 Å². The fraction of sp³-hybridized carbons (Fsp3) is 0.714. The molecule has 110 valence electrons. The van der Waals surface area contributed by atoms with Gasteiger partial charge in [0.05, 0.1) is 26.4 Å². The number of hydrogen-bond donors (Lipinski definition) is 0. The summed E-state index contributed by atoms with van der Waals surface area (Å²) in [7, 11) is 1.33. The second-order valence-electron chi connectivity index (χ2n) is 4.34. The van der Waals surface area contributed by atoms with Gasteiger partial charge in [-0.25, -0.2) is 4.79 Å². The number of carbonyl (C=O) groups excluding carboxylic acids is 2. The number of unbranched alkanes of at least 4 members (excludes halogenated alkanes) is 1. The SMILES string of the molecule is CCOC(=O)CCCCO/C(=C/C(=O)OC)C(C)C. The predicted octanol–water partition coefficient (Wildman–Crippen LogP) is 2.45. The number of methoxy groups -OCH3 is 1. The largest absolute Gasteiger partial charge is 0.497 e. The smallest absolute Gasteiger partial charge is 0.333 e. The molecule has 0 saturated carbocycles. The van der Waals surface area contributed by atoms with E-state index >= 15 is 0 Å². The summed E-state index contributed by atoms with van der Waals surface area (Å²) in [6, 6.07) is 0. The number of carbonyl (C=O) groups is 2. The zero-order chi connectivity index (χ0) is 14.7. The predicted molar refractivity (Wildman–Crippen MR) is 71.4 cm³/mol. The van der Waals surface area contributed by atoms with Crippen molar-refractivity contribution in [2.24, 2.45) is 5.92 Å². The molecule has 0 aromatic heterocycles. The van der Waals surface area contributed by atoms with Gasteiger partial charge in [0, 0.05) is 12.3 Å². The van der Waals surface area contributed by atoms with E-state index in [2.05, 4.69) is 4.74 Å². The molecule has 0 bridgehead atoms. The summed E-state index contributed by atoms with van der Waals surface area (Å²) in [5.41, 5.74) is 0. The fourth-order valence-electron chi connectivity index (χ4n) is 1.34. The van der Waals surface area contributed by atoms with Crippen LogP contribution in [0.3, 0.4) is 0 Å². The van der Waals surface area contributed by atoms with E-state index in [1.165, 1.54) is 13.2 Å². The van der Waals surface area contributed by atoms with Gasteiger partial charge in [-0.05, 0) is 19.8 Å². The highest BCUT2D eigenvalue weighted by molar-refractivity contribution is 5.82. The molecule has 19 heavy (non-hydrogen) atoms. The van der Waals surface area contributed by atoms with E-state index in [0.717, 1.165) is 6.42 Å². The van der Waals surface area contributed by atoms with Gasteiger partial charge in [-0.3, -0.25) is 4.79 Å². The van der Waals surface area contributed by atoms with Crippen molar-refractivity contribution >= 4 is 11.9 Å². The van der Waals surface area contributed by atoms with Crippen LogP contribution in [0.25, 0.3) is 0 Å². The highest BCUT2D eigenvalue weighted by Gasteiger charge is 2.08. The molecule has 0 aliphatic rings. The van der Waals surface area contributed by atoms with Crippen LogP contribution in [0.2, 0.25) is 0 Å². The first kappa shape index (κ1) is 17.5. The molecule has 0 unspecified atom stereocenters. The maximum Gasteiger partial charge on any atom is 0.333 e. The Bertz CT molecular complexity index is 307. The van der Waals surface area contributed by atoms with E-state index in [1.807, 2.05) is 13.8 Å². The van der Waals surface area contributed by atoms with Crippen LogP contribution in [0.4, 0.5) is 0 Å². The van der Waals surface area contributed by atoms with Crippen LogP contribution in [0.1, 0.15) is 40.0 Å². The standard InChI is InChI=1S/C14H24O5/c1-5-18-13(15)8-6-7-9-19-12(11(2)3)10-14(16)17-4/h10-11H,5-9H2,1-4H3/b12-10+. The van der Waals surface area contributed by atoms with Crippen molar-refractivity contribution in [1.82, 2.24) is 0 Å². The maximum absolute atomic E-state index is 11.1. The molecule has 0 radical (unpaired) electrons. The molecule has 0 amide bonds. The Morgan fingerprint density at radius 3 is 2.37 bits per heavy atom. The molecule has 0 atom stereocenters. The van der Waals surface area contributed by atoms with Crippen molar-refractivity contribution in [2.45, 2.75) is 40.0 Å². The summed E-state index contributed by atoms with van der Waals surface area (Å²) in [5, 5.41) is 0. The van der Waals surface area contributed by atoms with E-state index in [0.29, 0.717) is 31.8 Å². The van der Waals surface area contributed by atoms with Crippen LogP contribution in [0, 0.1) is 5.92 Å². The quantitative estimate of drug-likeness (QED) is 0.279. The first-order valence-corrected chi connectivity index (χ1v) is 6.59. The van der Waals surface area contributed by atoms with Crippen molar-refractivity contribution in [3.8, 4) is 0 Å². The average molecular weight is 272 g/mol. The molecular weight excluding hydrogens is 248 g/mol. The third-order valence-electron chi connectivity index (χ3n) is 2.38. The Hall–Kier alpha value is -1.52. The van der Waals surface area contributed by atoms with Crippen LogP contribution in [0.15, 0.2) is 11.8 Å². The summed E-state index contributed by atoms with van der Waals surface area (Å²) >= 11 is 0. The minimum absolute atomic E-state index is 0.115. The summed E-state index contributed by atoms with van der Waals surface area (Å²) in [6.07, 6.45) is 3.21. The second kappa shape index (κ2) is 10.4. The van der Waals surface area contributed by atoms with Gasteiger partial charge in [-0.2, -0.15) is 0 Å². The maximum atomic E-state index is 11.1. The van der Waals surface area contributed by atoms with Gasteiger partial charge < -0.3 is 14.2 Å². The van der Waals surface area contributed by atoms with E-state index < -0.39 is 5.97 Å². The zero-order valence-electron chi connectivity index (χ0n) is 12.2. The highest BCUT2D eigenvalue weighted by Crippen LogP contribution is 2.12. The minimum atomic E-state index is -0.421.